The van der Waals surface area contributed by atoms with Gasteiger partial charge in [-0.2, -0.15) is 0 Å². The molecule has 2 aromatic carbocycles. The molecule has 0 aliphatic carbocycles. The summed E-state index contributed by atoms with van der Waals surface area (Å²) < 4.78 is 0. The van der Waals surface area contributed by atoms with E-state index < -0.39 is 0 Å². The number of hydrogen-bond donors (Lipinski definition) is 2. The number of likely N-dealkylation sites (N-methyl/N-ethyl adjacent to an activating group) is 1. The highest BCUT2D eigenvalue weighted by Crippen LogP contribution is 2.23. The van der Waals surface area contributed by atoms with Crippen LogP contribution in [-0.4, -0.2) is 44.0 Å². The first-order valence-corrected chi connectivity index (χ1v) is 8.22. The number of benzene rings is 2. The predicted molar refractivity (Wildman–Crippen MR) is 99.6 cm³/mol. The Bertz CT molecular complexity index is 712. The average Bonchev–Trinajstić information content (AvgIpc) is 3.07. The van der Waals surface area contributed by atoms with Gasteiger partial charge in [-0.1, -0.05) is 12.1 Å². The normalized spacial score (nSPS) is 17.3. The Morgan fingerprint density at radius 3 is 2.50 bits per heavy atom. The summed E-state index contributed by atoms with van der Waals surface area (Å²) in [5.74, 6) is -0.146. The number of para-hydroxylation sites is 2. The molecule has 1 saturated heterocycles. The van der Waals surface area contributed by atoms with Gasteiger partial charge in [0.1, 0.15) is 0 Å². The van der Waals surface area contributed by atoms with E-state index >= 15 is 0 Å². The summed E-state index contributed by atoms with van der Waals surface area (Å²) >= 11 is 0. The molecular formula is C19H24N4O. The first-order valence-electron chi connectivity index (χ1n) is 8.22. The Morgan fingerprint density at radius 2 is 1.88 bits per heavy atom. The van der Waals surface area contributed by atoms with Crippen LogP contribution in [0.3, 0.4) is 0 Å². The van der Waals surface area contributed by atoms with Crippen molar-refractivity contribution >= 4 is 23.0 Å². The van der Waals surface area contributed by atoms with Crippen LogP contribution in [0.4, 0.5) is 17.1 Å². The van der Waals surface area contributed by atoms with E-state index in [4.69, 9.17) is 5.73 Å². The van der Waals surface area contributed by atoms with Gasteiger partial charge in [-0.05, 0) is 56.9 Å². The molecule has 1 heterocycles. The minimum Gasteiger partial charge on any atom is -0.397 e. The van der Waals surface area contributed by atoms with E-state index in [9.17, 15) is 4.79 Å². The van der Waals surface area contributed by atoms with Gasteiger partial charge in [-0.3, -0.25) is 4.79 Å². The lowest BCUT2D eigenvalue weighted by molar-refractivity contribution is 0.102. The molecule has 126 valence electrons. The Hall–Kier alpha value is -2.53. The molecule has 0 saturated carbocycles. The van der Waals surface area contributed by atoms with E-state index in [1.54, 1.807) is 12.1 Å². The van der Waals surface area contributed by atoms with E-state index in [-0.39, 0.29) is 5.91 Å². The molecular weight excluding hydrogens is 300 g/mol. The van der Waals surface area contributed by atoms with Gasteiger partial charge in [0, 0.05) is 30.4 Å². The molecule has 0 radical (unpaired) electrons. The van der Waals surface area contributed by atoms with Crippen LogP contribution < -0.4 is 16.0 Å². The highest BCUT2D eigenvalue weighted by molar-refractivity contribution is 6.05. The van der Waals surface area contributed by atoms with Crippen LogP contribution in [0.2, 0.25) is 0 Å². The smallest absolute Gasteiger partial charge is 0.255 e. The van der Waals surface area contributed by atoms with Crippen LogP contribution in [0, 0.1) is 0 Å². The summed E-state index contributed by atoms with van der Waals surface area (Å²) in [4.78, 5) is 17.0. The van der Waals surface area contributed by atoms with Gasteiger partial charge in [0.25, 0.3) is 5.91 Å². The molecule has 0 bridgehead atoms. The zero-order valence-corrected chi connectivity index (χ0v) is 14.2. The molecule has 1 fully saturated rings. The molecule has 0 unspecified atom stereocenters. The number of rotatable bonds is 4. The van der Waals surface area contributed by atoms with E-state index in [1.165, 1.54) is 6.42 Å². The van der Waals surface area contributed by atoms with E-state index in [1.807, 2.05) is 36.4 Å². The van der Waals surface area contributed by atoms with Crippen molar-refractivity contribution in [1.82, 2.24) is 4.90 Å². The summed E-state index contributed by atoms with van der Waals surface area (Å²) in [6, 6.07) is 15.6. The van der Waals surface area contributed by atoms with E-state index in [2.05, 4.69) is 29.2 Å². The summed E-state index contributed by atoms with van der Waals surface area (Å²) in [6.07, 6.45) is 1.17. The first kappa shape index (κ1) is 16.3. The lowest BCUT2D eigenvalue weighted by atomic mass is 10.1. The fourth-order valence-corrected chi connectivity index (χ4v) is 3.03. The van der Waals surface area contributed by atoms with Crippen molar-refractivity contribution in [3.63, 3.8) is 0 Å². The highest BCUT2D eigenvalue weighted by atomic mass is 16.1. The zero-order valence-electron chi connectivity index (χ0n) is 14.2. The van der Waals surface area contributed by atoms with Crippen LogP contribution in [0.25, 0.3) is 0 Å². The van der Waals surface area contributed by atoms with Crippen LogP contribution in [-0.2, 0) is 0 Å². The lowest BCUT2D eigenvalue weighted by Crippen LogP contribution is -2.31. The maximum atomic E-state index is 12.4. The summed E-state index contributed by atoms with van der Waals surface area (Å²) in [6.45, 7) is 2.08. The van der Waals surface area contributed by atoms with Gasteiger partial charge in [0.2, 0.25) is 0 Å². The maximum absolute atomic E-state index is 12.4. The second-order valence-corrected chi connectivity index (χ2v) is 6.44. The van der Waals surface area contributed by atoms with Gasteiger partial charge in [-0.25, -0.2) is 0 Å². The molecule has 0 aromatic heterocycles. The molecule has 1 aliphatic rings. The maximum Gasteiger partial charge on any atom is 0.255 e. The van der Waals surface area contributed by atoms with Crippen LogP contribution in [0.1, 0.15) is 16.8 Å². The van der Waals surface area contributed by atoms with Crippen LogP contribution in [0.5, 0.6) is 0 Å². The first-order chi connectivity index (χ1) is 11.5. The molecule has 1 amide bonds. The predicted octanol–water partition coefficient (Wildman–Crippen LogP) is 2.66. The fourth-order valence-electron chi connectivity index (χ4n) is 3.03. The number of nitrogen functional groups attached to an aromatic ring is 1. The number of carbonyl (C=O) groups excluding carboxylic acids is 1. The highest BCUT2D eigenvalue weighted by Gasteiger charge is 2.24. The minimum absolute atomic E-state index is 0.146. The Balaban J connectivity index is 1.66. The second-order valence-electron chi connectivity index (χ2n) is 6.44. The van der Waals surface area contributed by atoms with Crippen LogP contribution in [0.15, 0.2) is 48.5 Å². The monoisotopic (exact) mass is 324 g/mol. The van der Waals surface area contributed by atoms with E-state index in [0.717, 1.165) is 18.8 Å². The van der Waals surface area contributed by atoms with Gasteiger partial charge in [0.05, 0.1) is 11.4 Å². The Morgan fingerprint density at radius 1 is 1.17 bits per heavy atom. The molecule has 1 aliphatic heterocycles. The number of hydrogen-bond acceptors (Lipinski definition) is 4. The van der Waals surface area contributed by atoms with Crippen molar-refractivity contribution < 1.29 is 4.79 Å². The molecule has 5 nitrogen and oxygen atoms in total. The molecule has 24 heavy (non-hydrogen) atoms. The van der Waals surface area contributed by atoms with Crippen molar-refractivity contribution in [3.8, 4) is 0 Å². The molecule has 0 spiro atoms. The molecule has 2 aromatic rings. The quantitative estimate of drug-likeness (QED) is 0.849. The average molecular weight is 324 g/mol. The third-order valence-corrected chi connectivity index (χ3v) is 4.60. The minimum atomic E-state index is -0.146. The largest absolute Gasteiger partial charge is 0.397 e. The third-order valence-electron chi connectivity index (χ3n) is 4.60. The van der Waals surface area contributed by atoms with Gasteiger partial charge >= 0.3 is 0 Å². The standard InChI is InChI=1S/C19H24N4O/c1-22(2)16-11-12-23(13-16)15-9-7-14(8-10-15)19(24)21-18-6-4-3-5-17(18)20/h3-10,16H,11-13,20H2,1-2H3,(H,21,24)/t16-/m0/s1. The Labute approximate surface area is 143 Å². The summed E-state index contributed by atoms with van der Waals surface area (Å²) in [5.41, 5.74) is 8.86. The molecule has 3 rings (SSSR count). The molecule has 3 N–H and O–H groups in total. The SMILES string of the molecule is CN(C)[C@H]1CCN(c2ccc(C(=O)Nc3ccccc3N)cc2)C1. The third kappa shape index (κ3) is 3.51. The summed E-state index contributed by atoms with van der Waals surface area (Å²) in [7, 11) is 4.24. The van der Waals surface area contributed by atoms with E-state index in [0.29, 0.717) is 23.0 Å². The van der Waals surface area contributed by atoms with Crippen molar-refractivity contribution in [1.29, 1.82) is 0 Å². The fraction of sp³-hybridized carbons (Fsp3) is 0.316. The van der Waals surface area contributed by atoms with Crippen molar-refractivity contribution in [3.05, 3.63) is 54.1 Å². The number of anilines is 3. The van der Waals surface area contributed by atoms with Gasteiger partial charge in [-0.15, -0.1) is 0 Å². The van der Waals surface area contributed by atoms with Crippen molar-refractivity contribution in [2.45, 2.75) is 12.5 Å². The van der Waals surface area contributed by atoms with Gasteiger partial charge in [0.15, 0.2) is 0 Å². The van der Waals surface area contributed by atoms with Crippen LogP contribution >= 0.6 is 0 Å². The number of carbonyl (C=O) groups is 1. The molecule has 5 heteroatoms. The Kier molecular flexibility index (Phi) is 4.71. The zero-order chi connectivity index (χ0) is 17.1. The number of nitrogens with two attached hydrogens (primary N) is 1. The lowest BCUT2D eigenvalue weighted by Gasteiger charge is -2.22. The number of nitrogens with zero attached hydrogens (tertiary/aromatic N) is 2. The van der Waals surface area contributed by atoms with Crippen molar-refractivity contribution in [2.75, 3.05) is 43.1 Å². The molecule has 1 atom stereocenters. The van der Waals surface area contributed by atoms with Gasteiger partial charge < -0.3 is 20.9 Å². The topological polar surface area (TPSA) is 61.6 Å². The number of amides is 1. The number of nitrogens with one attached hydrogen (secondary N) is 1. The summed E-state index contributed by atoms with van der Waals surface area (Å²) in [5, 5.41) is 2.85. The second kappa shape index (κ2) is 6.93. The van der Waals surface area contributed by atoms with Crippen molar-refractivity contribution in [2.24, 2.45) is 0 Å².